The fourth-order valence-corrected chi connectivity index (χ4v) is 2.79. The minimum absolute atomic E-state index is 0.105. The van der Waals surface area contributed by atoms with Crippen LogP contribution in [0.1, 0.15) is 28.9 Å². The fourth-order valence-electron chi connectivity index (χ4n) is 2.79. The van der Waals surface area contributed by atoms with E-state index in [1.54, 1.807) is 38.7 Å². The van der Waals surface area contributed by atoms with Crippen LogP contribution >= 0.6 is 0 Å². The Balaban J connectivity index is 1.74. The number of carbonyl (C=O) groups is 1. The van der Waals surface area contributed by atoms with Crippen LogP contribution in [0, 0.1) is 0 Å². The van der Waals surface area contributed by atoms with Gasteiger partial charge in [0.2, 0.25) is 0 Å². The van der Waals surface area contributed by atoms with Crippen LogP contribution in [0.2, 0.25) is 0 Å². The molecule has 3 aromatic rings. The number of hydrogen-bond acceptors (Lipinski definition) is 5. The number of benzene rings is 2. The molecule has 1 aromatic heterocycles. The van der Waals surface area contributed by atoms with Crippen LogP contribution in [0.5, 0.6) is 11.5 Å². The highest BCUT2D eigenvalue weighted by Gasteiger charge is 2.13. The van der Waals surface area contributed by atoms with E-state index in [1.165, 1.54) is 0 Å². The van der Waals surface area contributed by atoms with Crippen molar-refractivity contribution < 1.29 is 14.3 Å². The van der Waals surface area contributed by atoms with Crippen molar-refractivity contribution in [2.45, 2.75) is 13.0 Å². The molecule has 6 heteroatoms. The largest absolute Gasteiger partial charge is 0.497 e. The third-order valence-corrected chi connectivity index (χ3v) is 4.34. The van der Waals surface area contributed by atoms with Crippen molar-refractivity contribution in [3.8, 4) is 11.5 Å². The second kappa shape index (κ2) is 8.90. The third kappa shape index (κ3) is 4.59. The van der Waals surface area contributed by atoms with Crippen molar-refractivity contribution in [3.05, 3.63) is 78.1 Å². The lowest BCUT2D eigenvalue weighted by Gasteiger charge is -2.15. The van der Waals surface area contributed by atoms with Gasteiger partial charge in [-0.2, -0.15) is 0 Å². The summed E-state index contributed by atoms with van der Waals surface area (Å²) in [6, 6.07) is 16.9. The molecule has 0 aliphatic rings. The summed E-state index contributed by atoms with van der Waals surface area (Å²) >= 11 is 0. The molecule has 0 aliphatic heterocycles. The first-order valence-electron chi connectivity index (χ1n) is 8.90. The van der Waals surface area contributed by atoms with Crippen molar-refractivity contribution in [1.82, 2.24) is 10.3 Å². The van der Waals surface area contributed by atoms with Gasteiger partial charge in [-0.25, -0.2) is 0 Å². The van der Waals surface area contributed by atoms with E-state index in [4.69, 9.17) is 9.47 Å². The van der Waals surface area contributed by atoms with Crippen molar-refractivity contribution in [2.75, 3.05) is 19.5 Å². The van der Waals surface area contributed by atoms with E-state index >= 15 is 0 Å². The number of rotatable bonds is 7. The molecule has 1 unspecified atom stereocenters. The first kappa shape index (κ1) is 19.2. The van der Waals surface area contributed by atoms with Crippen LogP contribution in [0.4, 0.5) is 11.4 Å². The van der Waals surface area contributed by atoms with Crippen molar-refractivity contribution in [1.29, 1.82) is 0 Å². The summed E-state index contributed by atoms with van der Waals surface area (Å²) in [6.07, 6.45) is 3.20. The highest BCUT2D eigenvalue weighted by Crippen LogP contribution is 2.31. The van der Waals surface area contributed by atoms with Crippen LogP contribution in [-0.2, 0) is 0 Å². The molecule has 0 saturated carbocycles. The van der Waals surface area contributed by atoms with Gasteiger partial charge in [0.1, 0.15) is 11.5 Å². The van der Waals surface area contributed by atoms with Crippen LogP contribution in [0.25, 0.3) is 0 Å². The summed E-state index contributed by atoms with van der Waals surface area (Å²) in [4.78, 5) is 16.8. The monoisotopic (exact) mass is 377 g/mol. The Hall–Kier alpha value is -3.54. The maximum absolute atomic E-state index is 12.6. The Bertz CT molecular complexity index is 945. The molecular formula is C22H23N3O3. The number of ether oxygens (including phenoxy) is 2. The van der Waals surface area contributed by atoms with Crippen molar-refractivity contribution >= 4 is 17.3 Å². The Morgan fingerprint density at radius 2 is 1.79 bits per heavy atom. The SMILES string of the molecule is COc1ccc(Nc2cncc(C(=O)NC(C)c3ccccc3)c2)c(OC)c1. The average molecular weight is 377 g/mol. The average Bonchev–Trinajstić information content (AvgIpc) is 2.74. The molecule has 0 spiro atoms. The first-order valence-corrected chi connectivity index (χ1v) is 8.90. The number of pyridine rings is 1. The van der Waals surface area contributed by atoms with Gasteiger partial charge in [0.05, 0.1) is 43.4 Å². The molecule has 3 rings (SSSR count). The van der Waals surface area contributed by atoms with Crippen LogP contribution in [0.3, 0.4) is 0 Å². The summed E-state index contributed by atoms with van der Waals surface area (Å²) in [7, 11) is 3.19. The number of hydrogen-bond donors (Lipinski definition) is 2. The lowest BCUT2D eigenvalue weighted by molar-refractivity contribution is 0.0939. The maximum Gasteiger partial charge on any atom is 0.253 e. The van der Waals surface area contributed by atoms with E-state index in [1.807, 2.05) is 49.4 Å². The molecule has 1 heterocycles. The zero-order valence-electron chi connectivity index (χ0n) is 16.1. The molecule has 2 aromatic carbocycles. The second-order valence-corrected chi connectivity index (χ2v) is 6.26. The maximum atomic E-state index is 12.6. The highest BCUT2D eigenvalue weighted by molar-refractivity contribution is 5.95. The van der Waals surface area contributed by atoms with Gasteiger partial charge in [0, 0.05) is 12.3 Å². The standard InChI is InChI=1S/C22H23N3O3/c1-15(16-7-5-4-6-8-16)24-22(26)17-11-18(14-23-13-17)25-20-10-9-19(27-2)12-21(20)28-3/h4-15,25H,1-3H3,(H,24,26). The van der Waals surface area contributed by atoms with Crippen molar-refractivity contribution in [2.24, 2.45) is 0 Å². The molecule has 1 amide bonds. The van der Waals surface area contributed by atoms with E-state index in [0.717, 1.165) is 11.3 Å². The Kier molecular flexibility index (Phi) is 6.11. The fraction of sp³-hybridized carbons (Fsp3) is 0.182. The predicted molar refractivity (Wildman–Crippen MR) is 109 cm³/mol. The zero-order chi connectivity index (χ0) is 19.9. The lowest BCUT2D eigenvalue weighted by atomic mass is 10.1. The summed E-state index contributed by atoms with van der Waals surface area (Å²) in [5, 5.41) is 6.23. The van der Waals surface area contributed by atoms with Gasteiger partial charge in [0.25, 0.3) is 5.91 Å². The van der Waals surface area contributed by atoms with Crippen LogP contribution in [-0.4, -0.2) is 25.1 Å². The van der Waals surface area contributed by atoms with E-state index < -0.39 is 0 Å². The van der Waals surface area contributed by atoms with E-state index in [0.29, 0.717) is 22.7 Å². The molecule has 0 aliphatic carbocycles. The molecule has 144 valence electrons. The number of nitrogens with one attached hydrogen (secondary N) is 2. The van der Waals surface area contributed by atoms with E-state index in [9.17, 15) is 4.79 Å². The summed E-state index contributed by atoms with van der Waals surface area (Å²) < 4.78 is 10.6. The van der Waals surface area contributed by atoms with Gasteiger partial charge in [0.15, 0.2) is 0 Å². The molecule has 0 bridgehead atoms. The molecule has 0 radical (unpaired) electrons. The second-order valence-electron chi connectivity index (χ2n) is 6.26. The number of aromatic nitrogens is 1. The van der Waals surface area contributed by atoms with E-state index in [2.05, 4.69) is 15.6 Å². The topological polar surface area (TPSA) is 72.5 Å². The number of methoxy groups -OCH3 is 2. The predicted octanol–water partition coefficient (Wildman–Crippen LogP) is 4.33. The number of carbonyl (C=O) groups excluding carboxylic acids is 1. The van der Waals surface area contributed by atoms with Gasteiger partial charge in [-0.3, -0.25) is 9.78 Å². The number of amides is 1. The third-order valence-electron chi connectivity index (χ3n) is 4.34. The van der Waals surface area contributed by atoms with Gasteiger partial charge < -0.3 is 20.1 Å². The van der Waals surface area contributed by atoms with Gasteiger partial charge in [-0.1, -0.05) is 30.3 Å². The molecule has 0 fully saturated rings. The number of nitrogens with zero attached hydrogens (tertiary/aromatic N) is 1. The summed E-state index contributed by atoms with van der Waals surface area (Å²) in [5.74, 6) is 1.14. The summed E-state index contributed by atoms with van der Waals surface area (Å²) in [6.45, 7) is 1.95. The normalized spacial score (nSPS) is 11.4. The van der Waals surface area contributed by atoms with E-state index in [-0.39, 0.29) is 11.9 Å². The Morgan fingerprint density at radius 3 is 2.50 bits per heavy atom. The molecule has 6 nitrogen and oxygen atoms in total. The summed E-state index contributed by atoms with van der Waals surface area (Å²) in [5.41, 5.74) is 2.95. The number of anilines is 2. The molecular weight excluding hydrogens is 354 g/mol. The van der Waals surface area contributed by atoms with Gasteiger partial charge in [-0.15, -0.1) is 0 Å². The minimum atomic E-state index is -0.186. The molecule has 2 N–H and O–H groups in total. The molecule has 0 saturated heterocycles. The minimum Gasteiger partial charge on any atom is -0.497 e. The van der Waals surface area contributed by atoms with Crippen LogP contribution < -0.4 is 20.1 Å². The smallest absolute Gasteiger partial charge is 0.253 e. The van der Waals surface area contributed by atoms with Gasteiger partial charge in [-0.05, 0) is 30.7 Å². The first-order chi connectivity index (χ1) is 13.6. The van der Waals surface area contributed by atoms with Crippen molar-refractivity contribution in [3.63, 3.8) is 0 Å². The quantitative estimate of drug-likeness (QED) is 0.641. The molecule has 28 heavy (non-hydrogen) atoms. The zero-order valence-corrected chi connectivity index (χ0v) is 16.1. The lowest BCUT2D eigenvalue weighted by Crippen LogP contribution is -2.26. The Morgan fingerprint density at radius 1 is 1.00 bits per heavy atom. The molecule has 1 atom stereocenters. The highest BCUT2D eigenvalue weighted by atomic mass is 16.5. The van der Waals surface area contributed by atoms with Gasteiger partial charge >= 0.3 is 0 Å². The van der Waals surface area contributed by atoms with Crippen LogP contribution in [0.15, 0.2) is 67.0 Å². The Labute approximate surface area is 164 Å².